The average molecular weight is 302 g/mol. The van der Waals surface area contributed by atoms with Crippen LogP contribution in [0.1, 0.15) is 36.0 Å². The lowest BCUT2D eigenvalue weighted by Gasteiger charge is -2.27. The largest absolute Gasteiger partial charge is 0.396 e. The third-order valence-corrected chi connectivity index (χ3v) is 4.44. The van der Waals surface area contributed by atoms with Crippen molar-refractivity contribution in [1.82, 2.24) is 19.7 Å². The highest BCUT2D eigenvalue weighted by Crippen LogP contribution is 2.24. The molecule has 22 heavy (non-hydrogen) atoms. The van der Waals surface area contributed by atoms with E-state index in [9.17, 15) is 9.90 Å². The molecule has 0 radical (unpaired) electrons. The van der Waals surface area contributed by atoms with E-state index in [1.165, 1.54) is 0 Å². The Morgan fingerprint density at radius 2 is 2.00 bits per heavy atom. The highest BCUT2D eigenvalue weighted by Gasteiger charge is 2.24. The minimum atomic E-state index is -0.0794. The zero-order valence-electron chi connectivity index (χ0n) is 12.8. The maximum absolute atomic E-state index is 12.6. The van der Waals surface area contributed by atoms with Gasteiger partial charge in [-0.25, -0.2) is 0 Å². The lowest BCUT2D eigenvalue weighted by Crippen LogP contribution is -2.38. The minimum absolute atomic E-state index is 0.0794. The molecule has 0 aromatic carbocycles. The number of nitrogens with one attached hydrogen (secondary N) is 1. The molecule has 2 aromatic rings. The lowest BCUT2D eigenvalue weighted by molar-refractivity contribution is 0.0914. The fourth-order valence-electron chi connectivity index (χ4n) is 3.13. The number of carbonyl (C=O) groups excluding carboxylic acids is 1. The monoisotopic (exact) mass is 302 g/mol. The Kier molecular flexibility index (Phi) is 4.29. The first-order valence-electron chi connectivity index (χ1n) is 7.76. The molecule has 6 heteroatoms. The van der Waals surface area contributed by atoms with Gasteiger partial charge in [-0.2, -0.15) is 5.10 Å². The Bertz CT molecular complexity index is 625. The summed E-state index contributed by atoms with van der Waals surface area (Å²) < 4.78 is 3.60. The van der Waals surface area contributed by atoms with Crippen LogP contribution in [-0.2, 0) is 7.05 Å². The summed E-state index contributed by atoms with van der Waals surface area (Å²) in [6.45, 7) is 0.251. The van der Waals surface area contributed by atoms with Crippen LogP contribution in [0.3, 0.4) is 0 Å². The van der Waals surface area contributed by atoms with E-state index in [1.54, 1.807) is 10.9 Å². The second kappa shape index (κ2) is 6.36. The summed E-state index contributed by atoms with van der Waals surface area (Å²) >= 11 is 0. The molecule has 0 atom stereocenters. The van der Waals surface area contributed by atoms with Gasteiger partial charge in [-0.05, 0) is 43.7 Å². The van der Waals surface area contributed by atoms with Gasteiger partial charge in [-0.1, -0.05) is 0 Å². The first kappa shape index (κ1) is 14.8. The summed E-state index contributed by atoms with van der Waals surface area (Å²) in [5.74, 6) is 1.08. The molecule has 0 bridgehead atoms. The van der Waals surface area contributed by atoms with Crippen molar-refractivity contribution in [2.45, 2.75) is 31.7 Å². The molecular weight excluding hydrogens is 280 g/mol. The van der Waals surface area contributed by atoms with E-state index >= 15 is 0 Å². The summed E-state index contributed by atoms with van der Waals surface area (Å²) in [5, 5.41) is 16.5. The Labute approximate surface area is 129 Å². The first-order valence-corrected chi connectivity index (χ1v) is 7.76. The molecule has 118 valence electrons. The van der Waals surface area contributed by atoms with Crippen molar-refractivity contribution in [3.05, 3.63) is 36.3 Å². The van der Waals surface area contributed by atoms with E-state index in [2.05, 4.69) is 10.4 Å². The fourth-order valence-corrected chi connectivity index (χ4v) is 3.13. The Morgan fingerprint density at radius 3 is 2.64 bits per heavy atom. The van der Waals surface area contributed by atoms with Crippen molar-refractivity contribution in [2.24, 2.45) is 13.0 Å². The van der Waals surface area contributed by atoms with E-state index in [0.717, 1.165) is 31.5 Å². The number of hydrogen-bond acceptors (Lipinski definition) is 3. The maximum atomic E-state index is 12.6. The number of aliphatic hydroxyl groups is 1. The number of hydrogen-bond donors (Lipinski definition) is 2. The zero-order chi connectivity index (χ0) is 15.5. The normalized spacial score (nSPS) is 21.7. The number of amides is 1. The standard InChI is InChI=1S/C16H22N4O2/c1-19-16(20-8-2-3-9-20)14(10-17-19)15(22)18-13-6-4-12(11-21)5-7-13/h2-3,8-10,12-13,21H,4-7,11H2,1H3,(H,18,22). The van der Waals surface area contributed by atoms with Crippen molar-refractivity contribution >= 4 is 5.91 Å². The molecule has 0 spiro atoms. The van der Waals surface area contributed by atoms with Gasteiger partial charge in [0.15, 0.2) is 0 Å². The molecule has 0 saturated heterocycles. The molecule has 1 saturated carbocycles. The van der Waals surface area contributed by atoms with Crippen LogP contribution >= 0.6 is 0 Å². The number of aryl methyl sites for hydroxylation is 1. The molecule has 1 aliphatic rings. The van der Waals surface area contributed by atoms with Crippen LogP contribution in [-0.4, -0.2) is 38.0 Å². The second-order valence-electron chi connectivity index (χ2n) is 5.97. The van der Waals surface area contributed by atoms with Crippen LogP contribution in [0, 0.1) is 5.92 Å². The molecule has 0 unspecified atom stereocenters. The molecule has 2 N–H and O–H groups in total. The van der Waals surface area contributed by atoms with Crippen molar-refractivity contribution in [2.75, 3.05) is 6.61 Å². The summed E-state index contributed by atoms with van der Waals surface area (Å²) in [7, 11) is 1.83. The van der Waals surface area contributed by atoms with Crippen LogP contribution < -0.4 is 5.32 Å². The van der Waals surface area contributed by atoms with Gasteiger partial charge in [0, 0.05) is 32.1 Å². The molecule has 0 aliphatic heterocycles. The van der Waals surface area contributed by atoms with Crippen molar-refractivity contribution in [3.63, 3.8) is 0 Å². The van der Waals surface area contributed by atoms with E-state index in [-0.39, 0.29) is 18.6 Å². The first-order chi connectivity index (χ1) is 10.7. The van der Waals surface area contributed by atoms with Gasteiger partial charge < -0.3 is 15.0 Å². The summed E-state index contributed by atoms with van der Waals surface area (Å²) in [6.07, 6.45) is 9.22. The van der Waals surface area contributed by atoms with Crippen LogP contribution in [0.4, 0.5) is 0 Å². The molecule has 3 rings (SSSR count). The molecule has 1 fully saturated rings. The number of rotatable bonds is 4. The maximum Gasteiger partial charge on any atom is 0.256 e. The molecule has 6 nitrogen and oxygen atoms in total. The van der Waals surface area contributed by atoms with Gasteiger partial charge in [-0.3, -0.25) is 9.48 Å². The number of aromatic nitrogens is 3. The molecule has 1 aliphatic carbocycles. The molecule has 1 amide bonds. The van der Waals surface area contributed by atoms with Gasteiger partial charge in [0.05, 0.1) is 6.20 Å². The van der Waals surface area contributed by atoms with Crippen LogP contribution in [0.5, 0.6) is 0 Å². The Morgan fingerprint density at radius 1 is 1.32 bits per heavy atom. The van der Waals surface area contributed by atoms with Crippen LogP contribution in [0.15, 0.2) is 30.7 Å². The lowest BCUT2D eigenvalue weighted by atomic mass is 9.86. The summed E-state index contributed by atoms with van der Waals surface area (Å²) in [5.41, 5.74) is 0.586. The van der Waals surface area contributed by atoms with Crippen LogP contribution in [0.25, 0.3) is 5.82 Å². The third kappa shape index (κ3) is 2.92. The average Bonchev–Trinajstić information content (AvgIpc) is 3.17. The topological polar surface area (TPSA) is 72.1 Å². The smallest absolute Gasteiger partial charge is 0.256 e. The van der Waals surface area contributed by atoms with Gasteiger partial charge in [0.25, 0.3) is 5.91 Å². The number of carbonyl (C=O) groups is 1. The second-order valence-corrected chi connectivity index (χ2v) is 5.97. The van der Waals surface area contributed by atoms with Gasteiger partial charge in [0.2, 0.25) is 0 Å². The highest BCUT2D eigenvalue weighted by molar-refractivity contribution is 5.97. The van der Waals surface area contributed by atoms with E-state index in [1.807, 2.05) is 36.1 Å². The van der Waals surface area contributed by atoms with E-state index in [4.69, 9.17) is 0 Å². The van der Waals surface area contributed by atoms with Crippen molar-refractivity contribution in [3.8, 4) is 5.82 Å². The third-order valence-electron chi connectivity index (χ3n) is 4.44. The van der Waals surface area contributed by atoms with Crippen molar-refractivity contribution in [1.29, 1.82) is 0 Å². The number of nitrogens with zero attached hydrogens (tertiary/aromatic N) is 3. The fraction of sp³-hybridized carbons (Fsp3) is 0.500. The molecular formula is C16H22N4O2. The quantitative estimate of drug-likeness (QED) is 0.899. The number of aliphatic hydroxyl groups excluding tert-OH is 1. The summed E-state index contributed by atoms with van der Waals surface area (Å²) in [4.78, 5) is 12.6. The predicted octanol–water partition coefficient (Wildman–Crippen LogP) is 1.49. The summed E-state index contributed by atoms with van der Waals surface area (Å²) in [6, 6.07) is 4.03. The predicted molar refractivity (Wildman–Crippen MR) is 82.8 cm³/mol. The van der Waals surface area contributed by atoms with Gasteiger partial charge in [0.1, 0.15) is 11.4 Å². The van der Waals surface area contributed by atoms with Gasteiger partial charge in [-0.15, -0.1) is 0 Å². The van der Waals surface area contributed by atoms with E-state index in [0.29, 0.717) is 11.5 Å². The zero-order valence-corrected chi connectivity index (χ0v) is 12.8. The minimum Gasteiger partial charge on any atom is -0.396 e. The van der Waals surface area contributed by atoms with E-state index < -0.39 is 0 Å². The molecule has 2 heterocycles. The molecule has 2 aromatic heterocycles. The highest BCUT2D eigenvalue weighted by atomic mass is 16.3. The van der Waals surface area contributed by atoms with Crippen LogP contribution in [0.2, 0.25) is 0 Å². The Hall–Kier alpha value is -2.08. The van der Waals surface area contributed by atoms with Gasteiger partial charge >= 0.3 is 0 Å². The SMILES string of the molecule is Cn1ncc(C(=O)NC2CCC(CO)CC2)c1-n1cccc1. The Balaban J connectivity index is 1.71. The van der Waals surface area contributed by atoms with Crippen molar-refractivity contribution < 1.29 is 9.90 Å².